The van der Waals surface area contributed by atoms with Gasteiger partial charge in [0.25, 0.3) is 0 Å². The van der Waals surface area contributed by atoms with Crippen molar-refractivity contribution in [3.63, 3.8) is 0 Å². The largest absolute Gasteiger partial charge is 0.344 e. The van der Waals surface area contributed by atoms with Gasteiger partial charge < -0.3 is 15.1 Å². The summed E-state index contributed by atoms with van der Waals surface area (Å²) >= 11 is 0. The maximum Gasteiger partial charge on any atom is 0.244 e. The topological polar surface area (TPSA) is 52.7 Å². The molecule has 3 rings (SSSR count). The number of anilines is 1. The molecule has 1 fully saturated rings. The third-order valence-electron chi connectivity index (χ3n) is 4.77. The van der Waals surface area contributed by atoms with Crippen molar-refractivity contribution in [2.75, 3.05) is 32.1 Å². The van der Waals surface area contributed by atoms with Crippen molar-refractivity contribution in [1.29, 1.82) is 0 Å². The normalized spacial score (nSPS) is 15.4. The lowest BCUT2D eigenvalue weighted by Gasteiger charge is -2.22. The first-order chi connectivity index (χ1) is 13.5. The molecule has 2 amide bonds. The average molecular weight is 377 g/mol. The van der Waals surface area contributed by atoms with Gasteiger partial charge in [0.1, 0.15) is 0 Å². The lowest BCUT2D eigenvalue weighted by atomic mass is 10.1. The van der Waals surface area contributed by atoms with Gasteiger partial charge in [-0.25, -0.2) is 0 Å². The van der Waals surface area contributed by atoms with E-state index < -0.39 is 0 Å². The Hall–Kier alpha value is -2.92. The molecular weight excluding hydrogens is 350 g/mol. The summed E-state index contributed by atoms with van der Waals surface area (Å²) in [6.07, 6.45) is 4.89. The maximum atomic E-state index is 12.4. The van der Waals surface area contributed by atoms with Crippen molar-refractivity contribution in [2.24, 2.45) is 0 Å². The van der Waals surface area contributed by atoms with Crippen molar-refractivity contribution < 1.29 is 9.59 Å². The van der Waals surface area contributed by atoms with Gasteiger partial charge in [0.05, 0.1) is 6.04 Å². The molecule has 1 N–H and O–H groups in total. The summed E-state index contributed by atoms with van der Waals surface area (Å²) in [5, 5.41) is 3.08. The zero-order valence-electron chi connectivity index (χ0n) is 16.5. The Morgan fingerprint density at radius 1 is 1.14 bits per heavy atom. The Balaban J connectivity index is 1.62. The summed E-state index contributed by atoms with van der Waals surface area (Å²) in [6.45, 7) is 1.51. The summed E-state index contributed by atoms with van der Waals surface area (Å²) in [4.78, 5) is 28.1. The first-order valence-corrected chi connectivity index (χ1v) is 9.61. The number of carbonyl (C=O) groups is 2. The van der Waals surface area contributed by atoms with E-state index in [4.69, 9.17) is 0 Å². The van der Waals surface area contributed by atoms with Crippen molar-refractivity contribution in [1.82, 2.24) is 10.2 Å². The van der Waals surface area contributed by atoms with Gasteiger partial charge in [0, 0.05) is 31.3 Å². The lowest BCUT2D eigenvalue weighted by molar-refractivity contribution is -0.118. The molecule has 1 saturated heterocycles. The van der Waals surface area contributed by atoms with Gasteiger partial charge in [-0.1, -0.05) is 42.5 Å². The molecule has 0 saturated carbocycles. The molecule has 1 heterocycles. The molecule has 0 aromatic heterocycles. The first kappa shape index (κ1) is 19.8. The number of nitrogens with one attached hydrogen (secondary N) is 1. The standard InChI is InChI=1S/C23H27N3O2/c1-25(2)17-21(19-7-4-3-5-8-19)24-22(27)15-12-18-10-13-20(14-11-18)26-16-6-9-23(26)28/h3-5,7-8,10-15,21H,6,9,16-17H2,1-2H3,(H,24,27). The van der Waals surface area contributed by atoms with Crippen LogP contribution in [0.25, 0.3) is 6.08 Å². The number of likely N-dealkylation sites (N-methyl/N-ethyl adjacent to an activating group) is 1. The van der Waals surface area contributed by atoms with Crippen LogP contribution in [0.2, 0.25) is 0 Å². The van der Waals surface area contributed by atoms with Gasteiger partial charge in [0.2, 0.25) is 11.8 Å². The summed E-state index contributed by atoms with van der Waals surface area (Å²) in [5.74, 6) is 0.0463. The molecule has 5 nitrogen and oxygen atoms in total. The van der Waals surface area contributed by atoms with Gasteiger partial charge in [-0.05, 0) is 49.9 Å². The van der Waals surface area contributed by atoms with Crippen LogP contribution in [0.3, 0.4) is 0 Å². The van der Waals surface area contributed by atoms with Gasteiger partial charge in [-0.15, -0.1) is 0 Å². The lowest BCUT2D eigenvalue weighted by Crippen LogP contribution is -2.34. The second-order valence-electron chi connectivity index (χ2n) is 7.31. The zero-order chi connectivity index (χ0) is 19.9. The molecule has 2 aromatic rings. The molecule has 0 aliphatic carbocycles. The number of hydrogen-bond acceptors (Lipinski definition) is 3. The van der Waals surface area contributed by atoms with Crippen LogP contribution in [0.5, 0.6) is 0 Å². The molecule has 0 radical (unpaired) electrons. The molecule has 1 aliphatic rings. The quantitative estimate of drug-likeness (QED) is 0.754. The van der Waals surface area contributed by atoms with Crippen LogP contribution in [0.4, 0.5) is 5.69 Å². The molecule has 0 spiro atoms. The van der Waals surface area contributed by atoms with Gasteiger partial charge in [-0.3, -0.25) is 9.59 Å². The van der Waals surface area contributed by atoms with E-state index in [-0.39, 0.29) is 17.9 Å². The monoisotopic (exact) mass is 377 g/mol. The summed E-state index contributed by atoms with van der Waals surface area (Å²) in [6, 6.07) is 17.6. The van der Waals surface area contributed by atoms with Crippen LogP contribution >= 0.6 is 0 Å². The Labute approximate surface area is 166 Å². The minimum atomic E-state index is -0.130. The van der Waals surface area contributed by atoms with Crippen molar-refractivity contribution >= 4 is 23.6 Å². The van der Waals surface area contributed by atoms with E-state index >= 15 is 0 Å². The molecule has 5 heteroatoms. The van der Waals surface area contributed by atoms with E-state index in [1.165, 1.54) is 0 Å². The van der Waals surface area contributed by atoms with Gasteiger partial charge >= 0.3 is 0 Å². The molecular formula is C23H27N3O2. The fourth-order valence-electron chi connectivity index (χ4n) is 3.36. The predicted molar refractivity (Wildman–Crippen MR) is 113 cm³/mol. The van der Waals surface area contributed by atoms with Crippen LogP contribution in [0.15, 0.2) is 60.7 Å². The second kappa shape index (κ2) is 9.33. The Morgan fingerprint density at radius 2 is 1.86 bits per heavy atom. The highest BCUT2D eigenvalue weighted by molar-refractivity contribution is 5.95. The second-order valence-corrected chi connectivity index (χ2v) is 7.31. The minimum absolute atomic E-state index is 0.0723. The highest BCUT2D eigenvalue weighted by Crippen LogP contribution is 2.22. The van der Waals surface area contributed by atoms with E-state index in [1.54, 1.807) is 12.2 Å². The van der Waals surface area contributed by atoms with E-state index in [0.29, 0.717) is 6.42 Å². The van der Waals surface area contributed by atoms with E-state index in [2.05, 4.69) is 10.2 Å². The van der Waals surface area contributed by atoms with Gasteiger partial charge in [0.15, 0.2) is 0 Å². The molecule has 146 valence electrons. The predicted octanol–water partition coefficient (Wildman–Crippen LogP) is 3.25. The Morgan fingerprint density at radius 3 is 2.46 bits per heavy atom. The Kier molecular flexibility index (Phi) is 6.61. The fourth-order valence-corrected chi connectivity index (χ4v) is 3.36. The molecule has 2 aromatic carbocycles. The molecule has 1 atom stereocenters. The average Bonchev–Trinajstić information content (AvgIpc) is 3.12. The highest BCUT2D eigenvalue weighted by Gasteiger charge is 2.21. The van der Waals surface area contributed by atoms with E-state index in [9.17, 15) is 9.59 Å². The van der Waals surface area contributed by atoms with Crippen LogP contribution in [-0.4, -0.2) is 43.9 Å². The smallest absolute Gasteiger partial charge is 0.244 e. The van der Waals surface area contributed by atoms with Crippen molar-refractivity contribution in [3.8, 4) is 0 Å². The molecule has 0 bridgehead atoms. The SMILES string of the molecule is CN(C)CC(NC(=O)C=Cc1ccc(N2CCCC2=O)cc1)c1ccccc1. The summed E-state index contributed by atoms with van der Waals surface area (Å²) < 4.78 is 0. The van der Waals surface area contributed by atoms with E-state index in [1.807, 2.05) is 73.6 Å². The van der Waals surface area contributed by atoms with Crippen LogP contribution < -0.4 is 10.2 Å². The number of carbonyl (C=O) groups excluding carboxylic acids is 2. The Bertz CT molecular complexity index is 829. The van der Waals surface area contributed by atoms with Crippen molar-refractivity contribution in [2.45, 2.75) is 18.9 Å². The summed E-state index contributed by atoms with van der Waals surface area (Å²) in [5.41, 5.74) is 2.92. The van der Waals surface area contributed by atoms with Crippen LogP contribution in [0, 0.1) is 0 Å². The molecule has 1 unspecified atom stereocenters. The van der Waals surface area contributed by atoms with Gasteiger partial charge in [-0.2, -0.15) is 0 Å². The molecule has 28 heavy (non-hydrogen) atoms. The number of benzene rings is 2. The highest BCUT2D eigenvalue weighted by atomic mass is 16.2. The fraction of sp³-hybridized carbons (Fsp3) is 0.304. The number of nitrogens with zero attached hydrogens (tertiary/aromatic N) is 2. The van der Waals surface area contributed by atoms with Crippen LogP contribution in [0.1, 0.15) is 30.0 Å². The first-order valence-electron chi connectivity index (χ1n) is 9.61. The third kappa shape index (κ3) is 5.30. The zero-order valence-corrected chi connectivity index (χ0v) is 16.5. The molecule has 1 aliphatic heterocycles. The maximum absolute atomic E-state index is 12.4. The number of rotatable bonds is 7. The third-order valence-corrected chi connectivity index (χ3v) is 4.77. The number of hydrogen-bond donors (Lipinski definition) is 1. The van der Waals surface area contributed by atoms with Crippen molar-refractivity contribution in [3.05, 3.63) is 71.8 Å². The minimum Gasteiger partial charge on any atom is -0.344 e. The summed E-state index contributed by atoms with van der Waals surface area (Å²) in [7, 11) is 3.98. The van der Waals surface area contributed by atoms with Crippen LogP contribution in [-0.2, 0) is 9.59 Å². The number of amides is 2. The van der Waals surface area contributed by atoms with E-state index in [0.717, 1.165) is 36.3 Å².